The predicted octanol–water partition coefficient (Wildman–Crippen LogP) is 1.75. The second-order valence-corrected chi connectivity index (χ2v) is 7.92. The molecule has 1 aromatic carbocycles. The van der Waals surface area contributed by atoms with Gasteiger partial charge >= 0.3 is 5.97 Å². The van der Waals surface area contributed by atoms with Gasteiger partial charge in [-0.3, -0.25) is 4.79 Å². The first-order valence-corrected chi connectivity index (χ1v) is 9.13. The molecule has 1 N–H and O–H groups in total. The summed E-state index contributed by atoms with van der Waals surface area (Å²) in [6, 6.07) is 5.94. The van der Waals surface area contributed by atoms with Crippen LogP contribution in [-0.4, -0.2) is 50.1 Å². The Morgan fingerprint density at radius 2 is 1.87 bits per heavy atom. The molecule has 0 aliphatic carbocycles. The minimum atomic E-state index is -3.59. The number of carbonyl (C=O) groups is 1. The van der Waals surface area contributed by atoms with Gasteiger partial charge in [0, 0.05) is 26.3 Å². The molecule has 1 aromatic rings. The van der Waals surface area contributed by atoms with Crippen molar-refractivity contribution in [1.29, 1.82) is 0 Å². The van der Waals surface area contributed by atoms with Crippen LogP contribution in [0, 0.1) is 5.92 Å². The SMILES string of the molecule is CC(C1CCOCC1)N(C)S(=O)(=O)c1ccc(CC(=O)O)cc1. The van der Waals surface area contributed by atoms with Crippen molar-refractivity contribution in [3.05, 3.63) is 29.8 Å². The lowest BCUT2D eigenvalue weighted by atomic mass is 9.93. The Kier molecular flexibility index (Phi) is 5.78. The molecule has 1 fully saturated rings. The third-order valence-electron chi connectivity index (χ3n) is 4.48. The molecule has 23 heavy (non-hydrogen) atoms. The summed E-state index contributed by atoms with van der Waals surface area (Å²) in [6.45, 7) is 3.27. The summed E-state index contributed by atoms with van der Waals surface area (Å²) in [6.07, 6.45) is 1.60. The number of aliphatic carboxylic acids is 1. The quantitative estimate of drug-likeness (QED) is 0.852. The molecule has 7 heteroatoms. The summed E-state index contributed by atoms with van der Waals surface area (Å²) < 4.78 is 32.2. The average molecular weight is 341 g/mol. The number of ether oxygens (including phenoxy) is 1. The Balaban J connectivity index is 2.14. The molecule has 1 aliphatic rings. The zero-order valence-electron chi connectivity index (χ0n) is 13.4. The Bertz CT molecular complexity index is 635. The molecule has 1 saturated heterocycles. The van der Waals surface area contributed by atoms with Gasteiger partial charge in [-0.25, -0.2) is 8.42 Å². The first-order chi connectivity index (χ1) is 10.8. The summed E-state index contributed by atoms with van der Waals surface area (Å²) in [5, 5.41) is 8.76. The average Bonchev–Trinajstić information content (AvgIpc) is 2.54. The van der Waals surface area contributed by atoms with Crippen molar-refractivity contribution in [3.63, 3.8) is 0 Å². The molecule has 0 radical (unpaired) electrons. The predicted molar refractivity (Wildman–Crippen MR) is 85.7 cm³/mol. The third-order valence-corrected chi connectivity index (χ3v) is 6.44. The number of carboxylic acid groups (broad SMARTS) is 1. The number of hydrogen-bond donors (Lipinski definition) is 1. The normalized spacial score (nSPS) is 18.0. The van der Waals surface area contributed by atoms with Crippen LogP contribution in [0.2, 0.25) is 0 Å². The van der Waals surface area contributed by atoms with Gasteiger partial charge in [-0.15, -0.1) is 0 Å². The highest BCUT2D eigenvalue weighted by Gasteiger charge is 2.31. The fourth-order valence-corrected chi connectivity index (χ4v) is 4.26. The van der Waals surface area contributed by atoms with Gasteiger partial charge < -0.3 is 9.84 Å². The van der Waals surface area contributed by atoms with E-state index in [-0.39, 0.29) is 23.3 Å². The molecule has 1 aliphatic heterocycles. The fraction of sp³-hybridized carbons (Fsp3) is 0.562. The smallest absolute Gasteiger partial charge is 0.307 e. The topological polar surface area (TPSA) is 83.9 Å². The molecular formula is C16H23NO5S. The maximum absolute atomic E-state index is 12.7. The Morgan fingerprint density at radius 1 is 1.30 bits per heavy atom. The van der Waals surface area contributed by atoms with E-state index >= 15 is 0 Å². The van der Waals surface area contributed by atoms with Gasteiger partial charge in [0.25, 0.3) is 0 Å². The van der Waals surface area contributed by atoms with Gasteiger partial charge in [-0.2, -0.15) is 4.31 Å². The zero-order chi connectivity index (χ0) is 17.0. The Labute approximate surface area is 137 Å². The third kappa shape index (κ3) is 4.31. The van der Waals surface area contributed by atoms with E-state index in [9.17, 15) is 13.2 Å². The monoisotopic (exact) mass is 341 g/mol. The lowest BCUT2D eigenvalue weighted by Gasteiger charge is -2.33. The molecular weight excluding hydrogens is 318 g/mol. The second kappa shape index (κ2) is 7.42. The van der Waals surface area contributed by atoms with Crippen molar-refractivity contribution in [1.82, 2.24) is 4.31 Å². The van der Waals surface area contributed by atoms with E-state index in [1.54, 1.807) is 19.2 Å². The highest BCUT2D eigenvalue weighted by molar-refractivity contribution is 7.89. The molecule has 0 bridgehead atoms. The molecule has 1 atom stereocenters. The highest BCUT2D eigenvalue weighted by Crippen LogP contribution is 2.26. The Morgan fingerprint density at radius 3 is 2.39 bits per heavy atom. The van der Waals surface area contributed by atoms with Crippen molar-refractivity contribution in [2.45, 2.75) is 37.1 Å². The lowest BCUT2D eigenvalue weighted by molar-refractivity contribution is -0.136. The molecule has 0 amide bonds. The Hall–Kier alpha value is -1.44. The minimum absolute atomic E-state index is 0.109. The van der Waals surface area contributed by atoms with E-state index in [0.717, 1.165) is 12.8 Å². The van der Waals surface area contributed by atoms with Crippen LogP contribution in [-0.2, 0) is 26.0 Å². The van der Waals surface area contributed by atoms with Gasteiger partial charge in [0.05, 0.1) is 11.3 Å². The standard InChI is InChI=1S/C16H23NO5S/c1-12(14-7-9-22-10-8-14)17(2)23(20,21)15-5-3-13(4-6-15)11-16(18)19/h3-6,12,14H,7-11H2,1-2H3,(H,18,19). The van der Waals surface area contributed by atoms with Crippen molar-refractivity contribution >= 4 is 16.0 Å². The molecule has 1 unspecified atom stereocenters. The highest BCUT2D eigenvalue weighted by atomic mass is 32.2. The van der Waals surface area contributed by atoms with Crippen LogP contribution in [0.25, 0.3) is 0 Å². The van der Waals surface area contributed by atoms with Gasteiger partial charge in [0.15, 0.2) is 0 Å². The zero-order valence-corrected chi connectivity index (χ0v) is 14.3. The molecule has 128 valence electrons. The largest absolute Gasteiger partial charge is 0.481 e. The van der Waals surface area contributed by atoms with Crippen LogP contribution in [0.15, 0.2) is 29.2 Å². The van der Waals surface area contributed by atoms with E-state index in [4.69, 9.17) is 9.84 Å². The minimum Gasteiger partial charge on any atom is -0.481 e. The number of sulfonamides is 1. The maximum atomic E-state index is 12.7. The van der Waals surface area contributed by atoms with Gasteiger partial charge in [0.2, 0.25) is 10.0 Å². The number of nitrogens with zero attached hydrogens (tertiary/aromatic N) is 1. The van der Waals surface area contributed by atoms with Crippen LogP contribution < -0.4 is 0 Å². The van der Waals surface area contributed by atoms with Crippen LogP contribution in [0.1, 0.15) is 25.3 Å². The van der Waals surface area contributed by atoms with Crippen LogP contribution in [0.3, 0.4) is 0 Å². The fourth-order valence-electron chi connectivity index (χ4n) is 2.83. The summed E-state index contributed by atoms with van der Waals surface area (Å²) in [7, 11) is -1.99. The van der Waals surface area contributed by atoms with E-state index < -0.39 is 16.0 Å². The first-order valence-electron chi connectivity index (χ1n) is 7.69. The van der Waals surface area contributed by atoms with Gasteiger partial charge in [-0.1, -0.05) is 12.1 Å². The number of benzene rings is 1. The van der Waals surface area contributed by atoms with Crippen LogP contribution >= 0.6 is 0 Å². The van der Waals surface area contributed by atoms with E-state index in [0.29, 0.717) is 18.8 Å². The van der Waals surface area contributed by atoms with Crippen molar-refractivity contribution in [3.8, 4) is 0 Å². The van der Waals surface area contributed by atoms with E-state index in [1.807, 2.05) is 6.92 Å². The summed E-state index contributed by atoms with van der Waals surface area (Å²) in [4.78, 5) is 10.9. The van der Waals surface area contributed by atoms with Crippen molar-refractivity contribution in [2.75, 3.05) is 20.3 Å². The van der Waals surface area contributed by atoms with Crippen molar-refractivity contribution in [2.24, 2.45) is 5.92 Å². The van der Waals surface area contributed by atoms with Gasteiger partial charge in [0.1, 0.15) is 0 Å². The molecule has 0 spiro atoms. The molecule has 6 nitrogen and oxygen atoms in total. The summed E-state index contributed by atoms with van der Waals surface area (Å²) in [5.41, 5.74) is 0.580. The number of rotatable bonds is 6. The summed E-state index contributed by atoms with van der Waals surface area (Å²) in [5.74, 6) is -0.652. The maximum Gasteiger partial charge on any atom is 0.307 e. The van der Waals surface area contributed by atoms with E-state index in [2.05, 4.69) is 0 Å². The summed E-state index contributed by atoms with van der Waals surface area (Å²) >= 11 is 0. The van der Waals surface area contributed by atoms with Crippen LogP contribution in [0.4, 0.5) is 0 Å². The van der Waals surface area contributed by atoms with Gasteiger partial charge in [-0.05, 0) is 43.4 Å². The van der Waals surface area contributed by atoms with Crippen LogP contribution in [0.5, 0.6) is 0 Å². The molecule has 2 rings (SSSR count). The van der Waals surface area contributed by atoms with E-state index in [1.165, 1.54) is 16.4 Å². The number of hydrogen-bond acceptors (Lipinski definition) is 4. The lowest BCUT2D eigenvalue weighted by Crippen LogP contribution is -2.41. The van der Waals surface area contributed by atoms with Crippen molar-refractivity contribution < 1.29 is 23.1 Å². The number of carboxylic acids is 1. The second-order valence-electron chi connectivity index (χ2n) is 5.93. The molecule has 0 aromatic heterocycles. The molecule has 0 saturated carbocycles. The molecule has 1 heterocycles. The first kappa shape index (κ1) is 17.9.